The fraction of sp³-hybridized carbons (Fsp3) is 0.0303. The zero-order chi connectivity index (χ0) is 45.3. The molecule has 3 nitrogen and oxygen atoms in total. The van der Waals surface area contributed by atoms with Crippen molar-refractivity contribution in [3.8, 4) is 56.4 Å². The molecule has 11 aromatic rings. The molecule has 0 N–H and O–H groups in total. The zero-order valence-corrected chi connectivity index (χ0v) is 37.4. The summed E-state index contributed by atoms with van der Waals surface area (Å²) >= 11 is 0. The summed E-state index contributed by atoms with van der Waals surface area (Å²) in [5.41, 5.74) is 18.9. The van der Waals surface area contributed by atoms with E-state index in [4.69, 9.17) is 9.47 Å². The molecule has 0 amide bonds. The van der Waals surface area contributed by atoms with Crippen LogP contribution >= 0.6 is 0 Å². The Balaban J connectivity index is 1.07. The van der Waals surface area contributed by atoms with Crippen molar-refractivity contribution in [1.29, 1.82) is 0 Å². The van der Waals surface area contributed by atoms with Crippen molar-refractivity contribution in [2.75, 3.05) is 4.90 Å². The van der Waals surface area contributed by atoms with Crippen molar-refractivity contribution in [1.82, 2.24) is 0 Å². The van der Waals surface area contributed by atoms with Gasteiger partial charge in [0.2, 0.25) is 0 Å². The molecule has 4 aliphatic rings. The number of nitrogens with zero attached hydrogens (tertiary/aromatic N) is 1. The molecule has 2 aliphatic heterocycles. The van der Waals surface area contributed by atoms with E-state index in [1.807, 2.05) is 0 Å². The molecule has 2 aliphatic carbocycles. The van der Waals surface area contributed by atoms with Crippen LogP contribution in [0.5, 0.6) is 23.0 Å². The van der Waals surface area contributed by atoms with E-state index in [0.29, 0.717) is 0 Å². The highest BCUT2D eigenvalue weighted by molar-refractivity contribution is 6.13. The van der Waals surface area contributed by atoms with Gasteiger partial charge in [0, 0.05) is 38.9 Å². The molecule has 0 radical (unpaired) electrons. The predicted octanol–water partition coefficient (Wildman–Crippen LogP) is 16.9. The second-order valence-corrected chi connectivity index (χ2v) is 18.6. The Kier molecular flexibility index (Phi) is 7.92. The Labute approximate surface area is 400 Å². The normalized spacial score (nSPS) is 14.3. The fourth-order valence-electron chi connectivity index (χ4n) is 12.8. The lowest BCUT2D eigenvalue weighted by Gasteiger charge is -2.40. The minimum atomic E-state index is -0.632. The van der Waals surface area contributed by atoms with E-state index in [1.54, 1.807) is 0 Å². The van der Waals surface area contributed by atoms with Crippen molar-refractivity contribution >= 4 is 27.8 Å². The first-order valence-corrected chi connectivity index (χ1v) is 23.8. The Morgan fingerprint density at radius 3 is 1.38 bits per heavy atom. The average molecular weight is 880 g/mol. The molecule has 0 fully saturated rings. The maximum absolute atomic E-state index is 6.77. The second kappa shape index (κ2) is 14.3. The standard InChI is InChI=1S/C66H41NO2/c1-2-19-42(20-3-1)45-22-6-13-31-57(45)67(44-38-39-47-46-23-4-7-25-49(46)66(56(47)41-44)53-29-11-16-35-61(53)69-62-36-17-12-30-54(62)66)58-32-18-21-43-37-40-55-64(63(43)58)48-24-5-8-26-50(48)65(55)51-27-9-14-33-59(51)68-60-34-15-10-28-52(60)65/h1-41H. The van der Waals surface area contributed by atoms with Crippen LogP contribution in [0.1, 0.15) is 44.5 Å². The van der Waals surface area contributed by atoms with Crippen LogP contribution < -0.4 is 14.4 Å². The molecule has 0 unspecified atom stereocenters. The molecule has 0 saturated heterocycles. The van der Waals surface area contributed by atoms with Gasteiger partial charge in [-0.25, -0.2) is 0 Å². The topological polar surface area (TPSA) is 21.7 Å². The summed E-state index contributed by atoms with van der Waals surface area (Å²) in [6.45, 7) is 0. The minimum Gasteiger partial charge on any atom is -0.457 e. The number of fused-ring (bicyclic) bond motifs is 20. The number of ether oxygens (including phenoxy) is 2. The largest absolute Gasteiger partial charge is 0.457 e. The van der Waals surface area contributed by atoms with E-state index in [1.165, 1.54) is 55.3 Å². The molecule has 322 valence electrons. The number of anilines is 3. The fourth-order valence-corrected chi connectivity index (χ4v) is 12.8. The van der Waals surface area contributed by atoms with Gasteiger partial charge in [0.1, 0.15) is 23.0 Å². The lowest BCUT2D eigenvalue weighted by Crippen LogP contribution is -2.32. The Morgan fingerprint density at radius 1 is 0.290 bits per heavy atom. The molecule has 2 spiro atoms. The Morgan fingerprint density at radius 2 is 0.754 bits per heavy atom. The van der Waals surface area contributed by atoms with E-state index < -0.39 is 10.8 Å². The molecule has 0 aromatic heterocycles. The lowest BCUT2D eigenvalue weighted by molar-refractivity contribution is 0.436. The van der Waals surface area contributed by atoms with E-state index in [0.717, 1.165) is 73.4 Å². The molecule has 15 rings (SSSR count). The highest BCUT2D eigenvalue weighted by atomic mass is 16.5. The monoisotopic (exact) mass is 879 g/mol. The van der Waals surface area contributed by atoms with Gasteiger partial charge in [0.05, 0.1) is 22.2 Å². The van der Waals surface area contributed by atoms with Crippen LogP contribution in [-0.4, -0.2) is 0 Å². The minimum absolute atomic E-state index is 0.610. The number of para-hydroxylation sites is 5. The van der Waals surface area contributed by atoms with Crippen LogP contribution in [0, 0.1) is 0 Å². The maximum Gasteiger partial charge on any atom is 0.132 e. The first kappa shape index (κ1) is 38.2. The van der Waals surface area contributed by atoms with Crippen LogP contribution in [0.15, 0.2) is 249 Å². The van der Waals surface area contributed by atoms with Gasteiger partial charge in [-0.3, -0.25) is 0 Å². The van der Waals surface area contributed by atoms with Gasteiger partial charge in [-0.05, 0) is 104 Å². The highest BCUT2D eigenvalue weighted by Gasteiger charge is 2.53. The van der Waals surface area contributed by atoms with Crippen LogP contribution in [0.3, 0.4) is 0 Å². The van der Waals surface area contributed by atoms with E-state index in [-0.39, 0.29) is 0 Å². The number of hydrogen-bond acceptors (Lipinski definition) is 3. The summed E-state index contributed by atoms with van der Waals surface area (Å²) in [5, 5.41) is 2.37. The van der Waals surface area contributed by atoms with Crippen molar-refractivity contribution in [2.24, 2.45) is 0 Å². The van der Waals surface area contributed by atoms with Crippen molar-refractivity contribution in [3.63, 3.8) is 0 Å². The van der Waals surface area contributed by atoms with Gasteiger partial charge in [-0.15, -0.1) is 0 Å². The molecular weight excluding hydrogens is 839 g/mol. The van der Waals surface area contributed by atoms with Gasteiger partial charge < -0.3 is 14.4 Å². The molecule has 0 saturated carbocycles. The van der Waals surface area contributed by atoms with E-state index in [9.17, 15) is 0 Å². The van der Waals surface area contributed by atoms with Crippen molar-refractivity contribution < 1.29 is 9.47 Å². The quantitative estimate of drug-likeness (QED) is 0.176. The third-order valence-electron chi connectivity index (χ3n) is 15.4. The Hall–Kier alpha value is -8.92. The Bertz CT molecular complexity index is 3850. The molecule has 0 atom stereocenters. The van der Waals surface area contributed by atoms with Gasteiger partial charge in [0.15, 0.2) is 0 Å². The number of rotatable bonds is 4. The molecular formula is C66H41NO2. The van der Waals surface area contributed by atoms with E-state index >= 15 is 0 Å². The maximum atomic E-state index is 6.77. The summed E-state index contributed by atoms with van der Waals surface area (Å²) in [5.74, 6) is 3.53. The van der Waals surface area contributed by atoms with Gasteiger partial charge in [0.25, 0.3) is 0 Å². The molecule has 11 aromatic carbocycles. The summed E-state index contributed by atoms with van der Waals surface area (Å²) in [4.78, 5) is 2.54. The number of benzene rings is 11. The first-order valence-electron chi connectivity index (χ1n) is 23.8. The van der Waals surface area contributed by atoms with Gasteiger partial charge >= 0.3 is 0 Å². The van der Waals surface area contributed by atoms with Crippen molar-refractivity contribution in [2.45, 2.75) is 10.8 Å². The van der Waals surface area contributed by atoms with Gasteiger partial charge in [-0.1, -0.05) is 200 Å². The molecule has 0 bridgehead atoms. The molecule has 69 heavy (non-hydrogen) atoms. The SMILES string of the molecule is c1ccc(-c2ccccc2N(c2ccc3c(c2)C2(c4ccccc4Oc4ccccc42)c2ccccc2-3)c2cccc3ccc4c(c23)-c2ccccc2C42c3ccccc3Oc3ccccc32)cc1. The van der Waals surface area contributed by atoms with Gasteiger partial charge in [-0.2, -0.15) is 0 Å². The number of hydrogen-bond donors (Lipinski definition) is 0. The average Bonchev–Trinajstić information content (AvgIpc) is 3.87. The van der Waals surface area contributed by atoms with Crippen LogP contribution in [-0.2, 0) is 10.8 Å². The summed E-state index contributed by atoms with van der Waals surface area (Å²) in [6, 6.07) is 91.0. The van der Waals surface area contributed by atoms with E-state index in [2.05, 4.69) is 254 Å². The van der Waals surface area contributed by atoms with Crippen LogP contribution in [0.4, 0.5) is 17.1 Å². The van der Waals surface area contributed by atoms with Crippen LogP contribution in [0.2, 0.25) is 0 Å². The van der Waals surface area contributed by atoms with Crippen molar-refractivity contribution in [3.05, 3.63) is 293 Å². The summed E-state index contributed by atoms with van der Waals surface area (Å²) in [6.07, 6.45) is 0. The highest BCUT2D eigenvalue weighted by Crippen LogP contribution is 2.66. The summed E-state index contributed by atoms with van der Waals surface area (Å²) < 4.78 is 13.5. The second-order valence-electron chi connectivity index (χ2n) is 18.6. The third-order valence-corrected chi connectivity index (χ3v) is 15.4. The zero-order valence-electron chi connectivity index (χ0n) is 37.4. The first-order chi connectivity index (χ1) is 34.2. The lowest BCUT2D eigenvalue weighted by atomic mass is 9.66. The summed E-state index contributed by atoms with van der Waals surface area (Å²) in [7, 11) is 0. The predicted molar refractivity (Wildman–Crippen MR) is 279 cm³/mol. The molecule has 2 heterocycles. The smallest absolute Gasteiger partial charge is 0.132 e. The van der Waals surface area contributed by atoms with Crippen LogP contribution in [0.25, 0.3) is 44.2 Å². The molecule has 3 heteroatoms. The third kappa shape index (κ3) is 5.01.